The van der Waals surface area contributed by atoms with Crippen molar-refractivity contribution in [3.8, 4) is 0 Å². The fourth-order valence-electron chi connectivity index (χ4n) is 3.07. The van der Waals surface area contributed by atoms with Gasteiger partial charge < -0.3 is 10.2 Å². The van der Waals surface area contributed by atoms with E-state index in [-0.39, 0.29) is 29.0 Å². The summed E-state index contributed by atoms with van der Waals surface area (Å²) in [7, 11) is -3.02. The molecular formula is C17H19F2N3O3S2. The van der Waals surface area contributed by atoms with Gasteiger partial charge in [0.05, 0.1) is 5.75 Å². The Hall–Kier alpha value is -2.07. The van der Waals surface area contributed by atoms with E-state index in [9.17, 15) is 22.0 Å². The molecule has 146 valence electrons. The third-order valence-corrected chi connectivity index (χ3v) is 6.11. The van der Waals surface area contributed by atoms with Gasteiger partial charge in [-0.1, -0.05) is 0 Å². The monoisotopic (exact) mass is 415 g/mol. The molecule has 0 atom stereocenters. The van der Waals surface area contributed by atoms with E-state index in [1.165, 1.54) is 6.26 Å². The van der Waals surface area contributed by atoms with Crippen LogP contribution < -0.4 is 5.32 Å². The number of hydrogen-bond donors (Lipinski definition) is 1. The first-order chi connectivity index (χ1) is 12.7. The van der Waals surface area contributed by atoms with E-state index < -0.39 is 21.5 Å². The molecule has 1 fully saturated rings. The van der Waals surface area contributed by atoms with Gasteiger partial charge in [-0.15, -0.1) is 11.3 Å². The number of rotatable bonds is 5. The topological polar surface area (TPSA) is 79.4 Å². The minimum atomic E-state index is -3.02. The van der Waals surface area contributed by atoms with Crippen LogP contribution in [0.15, 0.2) is 23.6 Å². The minimum Gasteiger partial charge on any atom is -0.337 e. The lowest BCUT2D eigenvalue weighted by Crippen LogP contribution is -2.40. The van der Waals surface area contributed by atoms with E-state index in [1.807, 2.05) is 0 Å². The Morgan fingerprint density at radius 1 is 1.26 bits per heavy atom. The Kier molecular flexibility index (Phi) is 5.75. The molecule has 1 aromatic carbocycles. The van der Waals surface area contributed by atoms with Gasteiger partial charge >= 0.3 is 0 Å². The third kappa shape index (κ3) is 5.46. The fourth-order valence-corrected chi connectivity index (χ4v) is 4.97. The summed E-state index contributed by atoms with van der Waals surface area (Å²) >= 11 is 1.16. The Bertz CT molecular complexity index is 918. The molecule has 1 aliphatic heterocycles. The number of benzene rings is 1. The number of aromatic nitrogens is 1. The van der Waals surface area contributed by atoms with Gasteiger partial charge in [-0.05, 0) is 30.9 Å². The van der Waals surface area contributed by atoms with Gasteiger partial charge in [0.1, 0.15) is 27.2 Å². The Labute approximate surface area is 160 Å². The van der Waals surface area contributed by atoms with Crippen molar-refractivity contribution < 1.29 is 22.0 Å². The number of nitrogens with zero attached hydrogens (tertiary/aromatic N) is 2. The van der Waals surface area contributed by atoms with Crippen molar-refractivity contribution in [2.75, 3.05) is 30.4 Å². The van der Waals surface area contributed by atoms with Crippen molar-refractivity contribution in [3.05, 3.63) is 40.9 Å². The second-order valence-corrected chi connectivity index (χ2v) is 9.69. The number of carbonyl (C=O) groups is 1. The average molecular weight is 415 g/mol. The predicted octanol–water partition coefficient (Wildman–Crippen LogP) is 3.06. The molecule has 0 bridgehead atoms. The number of likely N-dealkylation sites (tertiary alicyclic amines) is 1. The van der Waals surface area contributed by atoms with Crippen LogP contribution in [0.3, 0.4) is 0 Å². The van der Waals surface area contributed by atoms with Crippen LogP contribution in [0.2, 0.25) is 0 Å². The summed E-state index contributed by atoms with van der Waals surface area (Å²) in [5, 5.41) is 4.73. The van der Waals surface area contributed by atoms with E-state index in [0.29, 0.717) is 31.1 Å². The van der Waals surface area contributed by atoms with Gasteiger partial charge in [0.15, 0.2) is 5.13 Å². The number of sulfone groups is 1. The van der Waals surface area contributed by atoms with Crippen LogP contribution in [0.4, 0.5) is 19.6 Å². The van der Waals surface area contributed by atoms with Crippen LogP contribution in [0.1, 0.15) is 23.3 Å². The molecule has 0 aliphatic carbocycles. The number of halogens is 2. The highest BCUT2D eigenvalue weighted by Gasteiger charge is 2.26. The van der Waals surface area contributed by atoms with Crippen LogP contribution in [0.25, 0.3) is 0 Å². The van der Waals surface area contributed by atoms with E-state index in [2.05, 4.69) is 10.3 Å². The van der Waals surface area contributed by atoms with E-state index in [1.54, 1.807) is 10.3 Å². The Morgan fingerprint density at radius 3 is 2.48 bits per heavy atom. The molecular weight excluding hydrogens is 396 g/mol. The molecule has 10 heteroatoms. The predicted molar refractivity (Wildman–Crippen MR) is 100 cm³/mol. The Morgan fingerprint density at radius 2 is 1.89 bits per heavy atom. The number of hydrogen-bond acceptors (Lipinski definition) is 6. The maximum atomic E-state index is 13.2. The molecule has 1 saturated heterocycles. The quantitative estimate of drug-likeness (QED) is 0.812. The van der Waals surface area contributed by atoms with E-state index in [4.69, 9.17) is 0 Å². The van der Waals surface area contributed by atoms with Crippen molar-refractivity contribution in [1.82, 2.24) is 9.88 Å². The van der Waals surface area contributed by atoms with Crippen molar-refractivity contribution in [2.24, 2.45) is 5.92 Å². The summed E-state index contributed by atoms with van der Waals surface area (Å²) < 4.78 is 49.3. The molecule has 0 spiro atoms. The smallest absolute Gasteiger partial charge is 0.273 e. The lowest BCUT2D eigenvalue weighted by atomic mass is 9.99. The van der Waals surface area contributed by atoms with Crippen LogP contribution in [0, 0.1) is 17.6 Å². The van der Waals surface area contributed by atoms with Crippen molar-refractivity contribution in [1.29, 1.82) is 0 Å². The fraction of sp³-hybridized carbons (Fsp3) is 0.412. The molecule has 3 rings (SSSR count). The first kappa shape index (κ1) is 19.7. The molecule has 0 unspecified atom stereocenters. The molecule has 27 heavy (non-hydrogen) atoms. The molecule has 1 aromatic heterocycles. The number of thiazole rings is 1. The lowest BCUT2D eigenvalue weighted by Gasteiger charge is -2.31. The first-order valence-corrected chi connectivity index (χ1v) is 11.3. The van der Waals surface area contributed by atoms with Crippen LogP contribution in [-0.4, -0.2) is 49.3 Å². The standard InChI is InChI=1S/C17H19F2N3O3S2/c1-27(24,25)10-11-2-4-22(5-3-11)16(23)15-9-26-17(21-15)20-14-7-12(18)6-13(19)8-14/h6-9,11H,2-5,10H2,1H3,(H,20,21). The SMILES string of the molecule is CS(=O)(=O)CC1CCN(C(=O)c2csc(Nc3cc(F)cc(F)c3)n2)CC1. The van der Waals surface area contributed by atoms with Crippen molar-refractivity contribution in [3.63, 3.8) is 0 Å². The minimum absolute atomic E-state index is 0.0691. The maximum Gasteiger partial charge on any atom is 0.273 e. The highest BCUT2D eigenvalue weighted by Crippen LogP contribution is 2.25. The molecule has 1 aliphatic rings. The average Bonchev–Trinajstić information content (AvgIpc) is 3.01. The summed E-state index contributed by atoms with van der Waals surface area (Å²) in [6.45, 7) is 0.961. The molecule has 0 radical (unpaired) electrons. The zero-order valence-corrected chi connectivity index (χ0v) is 16.2. The highest BCUT2D eigenvalue weighted by atomic mass is 32.2. The van der Waals surface area contributed by atoms with E-state index >= 15 is 0 Å². The maximum absolute atomic E-state index is 13.2. The second-order valence-electron chi connectivity index (χ2n) is 6.65. The summed E-state index contributed by atoms with van der Waals surface area (Å²) in [6, 6.07) is 3.05. The van der Waals surface area contributed by atoms with Gasteiger partial charge in [-0.2, -0.15) is 0 Å². The molecule has 6 nitrogen and oxygen atoms in total. The van der Waals surface area contributed by atoms with Crippen LogP contribution in [-0.2, 0) is 9.84 Å². The normalized spacial score (nSPS) is 15.7. The summed E-state index contributed by atoms with van der Waals surface area (Å²) in [6.07, 6.45) is 2.49. The Balaban J connectivity index is 1.60. The van der Waals surface area contributed by atoms with Crippen LogP contribution >= 0.6 is 11.3 Å². The third-order valence-electron chi connectivity index (χ3n) is 4.28. The number of carbonyl (C=O) groups excluding carboxylic acids is 1. The number of amides is 1. The number of piperidine rings is 1. The number of nitrogens with one attached hydrogen (secondary N) is 1. The van der Waals surface area contributed by atoms with Gasteiger partial charge in [0, 0.05) is 36.5 Å². The molecule has 2 heterocycles. The highest BCUT2D eigenvalue weighted by molar-refractivity contribution is 7.90. The summed E-state index contributed by atoms with van der Waals surface area (Å²) in [5.41, 5.74) is 0.461. The van der Waals surface area contributed by atoms with Gasteiger partial charge in [0.2, 0.25) is 0 Å². The zero-order chi connectivity index (χ0) is 19.6. The largest absolute Gasteiger partial charge is 0.337 e. The summed E-state index contributed by atoms with van der Waals surface area (Å²) in [5.74, 6) is -1.43. The number of anilines is 2. The van der Waals surface area contributed by atoms with Crippen molar-refractivity contribution >= 4 is 37.9 Å². The van der Waals surface area contributed by atoms with E-state index in [0.717, 1.165) is 29.5 Å². The molecule has 0 saturated carbocycles. The summed E-state index contributed by atoms with van der Waals surface area (Å²) in [4.78, 5) is 18.4. The first-order valence-electron chi connectivity index (χ1n) is 8.35. The van der Waals surface area contributed by atoms with Gasteiger partial charge in [-0.3, -0.25) is 4.79 Å². The van der Waals surface area contributed by atoms with Gasteiger partial charge in [0.25, 0.3) is 5.91 Å². The lowest BCUT2D eigenvalue weighted by molar-refractivity contribution is 0.0693. The second kappa shape index (κ2) is 7.89. The van der Waals surface area contributed by atoms with Crippen molar-refractivity contribution in [2.45, 2.75) is 12.8 Å². The molecule has 1 N–H and O–H groups in total. The zero-order valence-electron chi connectivity index (χ0n) is 14.6. The molecule has 1 amide bonds. The van der Waals surface area contributed by atoms with Gasteiger partial charge in [-0.25, -0.2) is 22.2 Å². The molecule has 2 aromatic rings. The van der Waals surface area contributed by atoms with Crippen LogP contribution in [0.5, 0.6) is 0 Å².